The number of hydrogen-bond acceptors (Lipinski definition) is 10. The van der Waals surface area contributed by atoms with Gasteiger partial charge < -0.3 is 38.2 Å². The molecule has 2 aromatic rings. The maximum atomic E-state index is 9.09. The second-order valence-corrected chi connectivity index (χ2v) is 37.1. The molecule has 0 aromatic heterocycles. The van der Waals surface area contributed by atoms with E-state index >= 15 is 0 Å². The van der Waals surface area contributed by atoms with E-state index in [4.69, 9.17) is 78.0 Å². The Balaban J connectivity index is 0.000000273. The third-order valence-corrected chi connectivity index (χ3v) is 6.20. The van der Waals surface area contributed by atoms with Gasteiger partial charge in [0.25, 0.3) is 0 Å². The van der Waals surface area contributed by atoms with E-state index in [0.717, 1.165) is 37.6 Å². The van der Waals surface area contributed by atoms with Crippen LogP contribution in [0.15, 0.2) is 24.3 Å². The van der Waals surface area contributed by atoms with Crippen LogP contribution in [0.3, 0.4) is 0 Å². The van der Waals surface area contributed by atoms with Crippen molar-refractivity contribution in [1.82, 2.24) is 0 Å². The topological polar surface area (TPSA) is 118 Å². The summed E-state index contributed by atoms with van der Waals surface area (Å²) >= 11 is 0. The quantitative estimate of drug-likeness (QED) is 0.173. The van der Waals surface area contributed by atoms with Crippen molar-refractivity contribution in [3.63, 3.8) is 0 Å². The summed E-state index contributed by atoms with van der Waals surface area (Å²) < 4.78 is 33.1. The minimum absolute atomic E-state index is 0.382. The second-order valence-electron chi connectivity index (χ2n) is 9.31. The van der Waals surface area contributed by atoms with Crippen molar-refractivity contribution in [2.45, 2.75) is 27.7 Å². The molecule has 17 heteroatoms. The minimum atomic E-state index is -3.36. The van der Waals surface area contributed by atoms with E-state index in [9.17, 15) is 0 Å². The number of ether oxygens (including phenoxy) is 6. The molecule has 0 saturated carbocycles. The van der Waals surface area contributed by atoms with Crippen molar-refractivity contribution in [3.8, 4) is 23.0 Å². The van der Waals surface area contributed by atoms with Gasteiger partial charge >= 0.3 is 61.0 Å². The van der Waals surface area contributed by atoms with Gasteiger partial charge in [-0.15, -0.1) is 0 Å². The maximum absolute atomic E-state index is 9.09. The van der Waals surface area contributed by atoms with Crippen LogP contribution in [0.4, 0.5) is 22.7 Å². The molecule has 45 heavy (non-hydrogen) atoms. The Bertz CT molecular complexity index is 1180. The first kappa shape index (κ1) is 39.0. The molecular weight excluding hydrogens is 724 g/mol. The van der Waals surface area contributed by atoms with Crippen LogP contribution < -0.4 is 28.7 Å². The van der Waals surface area contributed by atoms with Gasteiger partial charge in [0, 0.05) is 38.3 Å². The van der Waals surface area contributed by atoms with Gasteiger partial charge in [0.2, 0.25) is 22.3 Å². The van der Waals surface area contributed by atoms with Crippen LogP contribution in [-0.2, 0) is 20.3 Å². The molecule has 0 amide bonds. The molecule has 2 aliphatic rings. The molecule has 2 fully saturated rings. The molecule has 4 rings (SSSR count). The predicted molar refractivity (Wildman–Crippen MR) is 177 cm³/mol. The summed E-state index contributed by atoms with van der Waals surface area (Å²) in [6.45, 7) is 15.8. The predicted octanol–water partition coefficient (Wildman–Crippen LogP) is 8.37. The summed E-state index contributed by atoms with van der Waals surface area (Å²) in [5, 5.41) is 18.2. The zero-order valence-electron chi connectivity index (χ0n) is 26.1. The first-order valence-corrected chi connectivity index (χ1v) is 30.5. The summed E-state index contributed by atoms with van der Waals surface area (Å²) in [6, 6.07) is 7.16. The molecule has 12 nitrogen and oxygen atoms in total. The molecule has 2 saturated heterocycles. The average molecular weight is 764 g/mol. The number of nitrogens with zero attached hydrogens (tertiary/aromatic N) is 6. The number of benzene rings is 2. The summed E-state index contributed by atoms with van der Waals surface area (Å²) in [4.78, 5) is 10.9. The zero-order chi connectivity index (χ0) is 33.2. The van der Waals surface area contributed by atoms with Crippen LogP contribution in [0.2, 0.25) is 0 Å². The van der Waals surface area contributed by atoms with Gasteiger partial charge in [0.15, 0.2) is 21.5 Å². The molecule has 0 atom stereocenters. The second kappa shape index (κ2) is 20.8. The fourth-order valence-electron chi connectivity index (χ4n) is 4.42. The van der Waals surface area contributed by atoms with Crippen molar-refractivity contribution < 1.29 is 39.2 Å². The number of morpholine rings is 2. The van der Waals surface area contributed by atoms with E-state index < -0.39 is 10.8 Å². The monoisotopic (exact) mass is 760 g/mol. The zero-order valence-corrected chi connectivity index (χ0v) is 32.1. The van der Waals surface area contributed by atoms with Crippen molar-refractivity contribution >= 4 is 61.5 Å². The molecule has 0 spiro atoms. The van der Waals surface area contributed by atoms with E-state index in [1.165, 1.54) is 0 Å². The first-order valence-electron chi connectivity index (χ1n) is 14.9. The van der Waals surface area contributed by atoms with Crippen molar-refractivity contribution in [1.29, 1.82) is 10.8 Å². The molecule has 2 heterocycles. The first-order chi connectivity index (χ1) is 21.6. The fourth-order valence-corrected chi connectivity index (χ4v) is 4.42. The van der Waals surface area contributed by atoms with E-state index in [0.29, 0.717) is 87.2 Å². The summed E-state index contributed by atoms with van der Waals surface area (Å²) in [6.07, 6.45) is 0. The SMILES string of the molecule is CCOc1cc(N2CCOCC2)c(OCC)cc1[N+]#N.CCOc1cc(N2CCOCC2)c(OCC)cc1[N+]#N.[Cl][Zn-2]([Cl])([Cl])[Cl]. The Hall–Kier alpha value is -2.22. The number of hydrogen-bond donors (Lipinski definition) is 0. The van der Waals surface area contributed by atoms with Gasteiger partial charge in [-0.1, -0.05) is 0 Å². The number of halogens is 4. The Morgan fingerprint density at radius 2 is 0.889 bits per heavy atom. The van der Waals surface area contributed by atoms with E-state index in [2.05, 4.69) is 19.8 Å². The van der Waals surface area contributed by atoms with Crippen LogP contribution in [0, 0.1) is 10.8 Å². The molecule has 0 bridgehead atoms. The molecule has 2 aromatic carbocycles. The van der Waals surface area contributed by atoms with Crippen LogP contribution >= 0.6 is 38.8 Å². The Labute approximate surface area is 283 Å². The molecule has 0 unspecified atom stereocenters. The third kappa shape index (κ3) is 13.6. The Morgan fingerprint density at radius 1 is 0.600 bits per heavy atom. The number of diazo groups is 2. The van der Waals surface area contributed by atoms with Crippen molar-refractivity contribution in [2.24, 2.45) is 0 Å². The average Bonchev–Trinajstić information content (AvgIpc) is 3.03. The standard InChI is InChI=1S/2C14H20N3O3.4ClH.Zn/c2*1-3-19-13-10-12(17-5-7-18-8-6-17)14(20-4-2)9-11(13)16-15;;;;;/h2*9-10H,3-8H2,1-2H3;4*1H;/q2*+1;;;;;+2/p-4. The molecular formula is C28H40Cl4N6O6Zn. The van der Waals surface area contributed by atoms with Gasteiger partial charge in [-0.3, -0.25) is 0 Å². The van der Waals surface area contributed by atoms with Gasteiger partial charge in [0.1, 0.15) is 0 Å². The van der Waals surface area contributed by atoms with Gasteiger partial charge in [-0.2, -0.15) is 0 Å². The van der Waals surface area contributed by atoms with Gasteiger partial charge in [-0.25, -0.2) is 0 Å². The van der Waals surface area contributed by atoms with Gasteiger partial charge in [0.05, 0.1) is 76.4 Å². The molecule has 0 N–H and O–H groups in total. The summed E-state index contributed by atoms with van der Waals surface area (Å²) in [7, 11) is 16.8. The van der Waals surface area contributed by atoms with Crippen LogP contribution in [0.5, 0.6) is 23.0 Å². The Morgan fingerprint density at radius 3 is 1.16 bits per heavy atom. The van der Waals surface area contributed by atoms with Crippen molar-refractivity contribution in [3.05, 3.63) is 34.2 Å². The molecule has 0 aliphatic carbocycles. The van der Waals surface area contributed by atoms with E-state index in [-0.39, 0.29) is 0 Å². The van der Waals surface area contributed by atoms with E-state index in [1.54, 1.807) is 12.1 Å². The summed E-state index contributed by atoms with van der Waals surface area (Å²) in [5.41, 5.74) is 2.66. The van der Waals surface area contributed by atoms with Crippen molar-refractivity contribution in [2.75, 3.05) is 88.8 Å². The van der Waals surface area contributed by atoms with E-state index in [1.807, 2.05) is 39.8 Å². The van der Waals surface area contributed by atoms with Crippen LogP contribution in [0.1, 0.15) is 27.7 Å². The van der Waals surface area contributed by atoms with Crippen LogP contribution in [0.25, 0.3) is 9.95 Å². The number of rotatable bonds is 10. The third-order valence-electron chi connectivity index (χ3n) is 6.20. The molecule has 248 valence electrons. The fraction of sp³-hybridized carbons (Fsp3) is 0.571. The summed E-state index contributed by atoms with van der Waals surface area (Å²) in [5.74, 6) is 2.51. The number of anilines is 2. The Kier molecular flexibility index (Phi) is 18.0. The van der Waals surface area contributed by atoms with Gasteiger partial charge in [-0.05, 0) is 27.7 Å². The molecule has 2 aliphatic heterocycles. The molecule has 0 radical (unpaired) electrons. The normalized spacial score (nSPS) is 14.4. The van der Waals surface area contributed by atoms with Crippen LogP contribution in [-0.4, -0.2) is 79.0 Å².